The molecule has 1 aromatic carbocycles. The van der Waals surface area contributed by atoms with Gasteiger partial charge in [-0.2, -0.15) is 8.78 Å². The van der Waals surface area contributed by atoms with Crippen LogP contribution in [0.25, 0.3) is 0 Å². The molecule has 3 heteroatoms. The molecule has 1 fully saturated rings. The Labute approximate surface area is 175 Å². The van der Waals surface area contributed by atoms with Gasteiger partial charge in [0.2, 0.25) is 0 Å². The zero-order valence-electron chi connectivity index (χ0n) is 18.1. The topological polar surface area (TPSA) is 9.23 Å². The molecule has 3 rings (SSSR count). The average molecular weight is 405 g/mol. The summed E-state index contributed by atoms with van der Waals surface area (Å²) >= 11 is 0. The highest BCUT2D eigenvalue weighted by molar-refractivity contribution is 5.29. The molecule has 1 saturated carbocycles. The fourth-order valence-electron chi connectivity index (χ4n) is 5.36. The molecule has 0 saturated heterocycles. The van der Waals surface area contributed by atoms with Gasteiger partial charge in [0.15, 0.2) is 0 Å². The maximum atomic E-state index is 12.3. The third-order valence-electron chi connectivity index (χ3n) is 7.16. The molecule has 29 heavy (non-hydrogen) atoms. The number of alkyl halides is 2. The van der Waals surface area contributed by atoms with Crippen molar-refractivity contribution in [2.75, 3.05) is 0 Å². The van der Waals surface area contributed by atoms with E-state index in [0.717, 1.165) is 11.8 Å². The zero-order valence-corrected chi connectivity index (χ0v) is 18.1. The summed E-state index contributed by atoms with van der Waals surface area (Å²) in [6.07, 6.45) is 19.9. The summed E-state index contributed by atoms with van der Waals surface area (Å²) in [6, 6.07) is 7.31. The first-order chi connectivity index (χ1) is 14.2. The second-order valence-corrected chi connectivity index (χ2v) is 9.12. The van der Waals surface area contributed by atoms with Crippen molar-refractivity contribution in [3.8, 4) is 5.75 Å². The van der Waals surface area contributed by atoms with Crippen molar-refractivity contribution in [1.82, 2.24) is 0 Å². The Morgan fingerprint density at radius 1 is 0.897 bits per heavy atom. The van der Waals surface area contributed by atoms with Crippen molar-refractivity contribution in [3.05, 3.63) is 41.5 Å². The molecule has 1 atom stereocenters. The summed E-state index contributed by atoms with van der Waals surface area (Å²) in [6.45, 7) is -0.471. The number of allylic oxidation sites excluding steroid dienone is 2. The van der Waals surface area contributed by atoms with Crippen LogP contribution in [0.3, 0.4) is 0 Å². The maximum absolute atomic E-state index is 12.3. The first kappa shape index (κ1) is 22.3. The fraction of sp³-hybridized carbons (Fsp3) is 0.692. The van der Waals surface area contributed by atoms with Gasteiger partial charge in [0, 0.05) is 0 Å². The van der Waals surface area contributed by atoms with Crippen LogP contribution in [0.4, 0.5) is 8.78 Å². The molecule has 0 aromatic heterocycles. The van der Waals surface area contributed by atoms with Crippen LogP contribution in [0.2, 0.25) is 0 Å². The van der Waals surface area contributed by atoms with Gasteiger partial charge in [-0.05, 0) is 93.2 Å². The lowest BCUT2D eigenvalue weighted by Crippen LogP contribution is -2.22. The second kappa shape index (κ2) is 11.7. The van der Waals surface area contributed by atoms with Crippen LogP contribution in [0, 0.1) is 11.8 Å². The van der Waals surface area contributed by atoms with Crippen molar-refractivity contribution in [1.29, 1.82) is 0 Å². The number of unbranched alkanes of at least 4 members (excludes halogenated alkanes) is 4. The molecule has 0 amide bonds. The highest BCUT2D eigenvalue weighted by Crippen LogP contribution is 2.43. The number of ether oxygens (including phenoxy) is 1. The number of benzene rings is 1. The van der Waals surface area contributed by atoms with E-state index in [1.165, 1.54) is 89.0 Å². The number of halogens is 2. The van der Waals surface area contributed by atoms with E-state index in [0.29, 0.717) is 5.92 Å². The lowest BCUT2D eigenvalue weighted by atomic mass is 9.70. The number of hydrogen-bond acceptors (Lipinski definition) is 1. The predicted octanol–water partition coefficient (Wildman–Crippen LogP) is 8.65. The minimum atomic E-state index is -2.75. The smallest absolute Gasteiger partial charge is 0.387 e. The van der Waals surface area contributed by atoms with Gasteiger partial charge in [0.1, 0.15) is 5.75 Å². The molecule has 0 heterocycles. The number of rotatable bonds is 10. The molecule has 1 unspecified atom stereocenters. The minimum Gasteiger partial charge on any atom is -0.435 e. The molecule has 1 nitrogen and oxygen atoms in total. The molecular weight excluding hydrogens is 366 g/mol. The summed E-state index contributed by atoms with van der Waals surface area (Å²) in [5.74, 6) is 2.58. The van der Waals surface area contributed by atoms with E-state index >= 15 is 0 Å². The Kier molecular flexibility index (Phi) is 9.01. The van der Waals surface area contributed by atoms with E-state index in [2.05, 4.69) is 17.7 Å². The van der Waals surface area contributed by atoms with E-state index in [-0.39, 0.29) is 5.75 Å². The predicted molar refractivity (Wildman–Crippen MR) is 117 cm³/mol. The molecule has 162 valence electrons. The summed E-state index contributed by atoms with van der Waals surface area (Å²) in [7, 11) is 0. The van der Waals surface area contributed by atoms with Crippen LogP contribution in [-0.4, -0.2) is 6.61 Å². The van der Waals surface area contributed by atoms with E-state index in [1.807, 2.05) is 12.1 Å². The monoisotopic (exact) mass is 404 g/mol. The summed E-state index contributed by atoms with van der Waals surface area (Å²) in [5, 5.41) is 0. The summed E-state index contributed by atoms with van der Waals surface area (Å²) in [5.41, 5.74) is 3.00. The molecule has 0 spiro atoms. The van der Waals surface area contributed by atoms with Crippen LogP contribution in [0.15, 0.2) is 35.9 Å². The molecule has 2 aliphatic carbocycles. The van der Waals surface area contributed by atoms with Gasteiger partial charge in [-0.3, -0.25) is 0 Å². The van der Waals surface area contributed by atoms with Gasteiger partial charge in [0.25, 0.3) is 0 Å². The normalized spacial score (nSPS) is 25.1. The van der Waals surface area contributed by atoms with Gasteiger partial charge in [-0.1, -0.05) is 56.4 Å². The molecule has 0 bridgehead atoms. The highest BCUT2D eigenvalue weighted by Gasteiger charge is 2.29. The van der Waals surface area contributed by atoms with Crippen molar-refractivity contribution in [2.45, 2.75) is 103 Å². The van der Waals surface area contributed by atoms with Crippen LogP contribution in [0.1, 0.15) is 102 Å². The van der Waals surface area contributed by atoms with Crippen molar-refractivity contribution >= 4 is 0 Å². The third kappa shape index (κ3) is 7.12. The Morgan fingerprint density at radius 2 is 1.62 bits per heavy atom. The van der Waals surface area contributed by atoms with E-state index in [1.54, 1.807) is 17.7 Å². The Hall–Kier alpha value is -1.38. The second-order valence-electron chi connectivity index (χ2n) is 9.12. The van der Waals surface area contributed by atoms with Gasteiger partial charge in [0.05, 0.1) is 0 Å². The van der Waals surface area contributed by atoms with Crippen LogP contribution in [-0.2, 0) is 0 Å². The zero-order chi connectivity index (χ0) is 20.5. The first-order valence-electron chi connectivity index (χ1n) is 11.9. The lowest BCUT2D eigenvalue weighted by Gasteiger charge is -2.35. The molecule has 0 N–H and O–H groups in total. The van der Waals surface area contributed by atoms with Crippen molar-refractivity contribution in [3.63, 3.8) is 0 Å². The molecule has 2 aliphatic rings. The maximum Gasteiger partial charge on any atom is 0.387 e. The molecule has 0 radical (unpaired) electrons. The standard InChI is InChI=1S/C26H38F2O/c1-2-3-4-5-6-7-20-8-10-21(11-9-20)22-12-14-23(15-13-22)24-16-18-25(19-17-24)29-26(27)28/h8,16-19,21-23,26H,2-7,9-15H2,1H3/t21?,22-,23-. The van der Waals surface area contributed by atoms with Crippen molar-refractivity contribution in [2.24, 2.45) is 11.8 Å². The fourth-order valence-corrected chi connectivity index (χ4v) is 5.36. The van der Waals surface area contributed by atoms with E-state index in [9.17, 15) is 8.78 Å². The van der Waals surface area contributed by atoms with Crippen LogP contribution >= 0.6 is 0 Å². The van der Waals surface area contributed by atoms with Crippen LogP contribution < -0.4 is 4.74 Å². The largest absolute Gasteiger partial charge is 0.435 e. The summed E-state index contributed by atoms with van der Waals surface area (Å²) in [4.78, 5) is 0. The van der Waals surface area contributed by atoms with Crippen LogP contribution in [0.5, 0.6) is 5.75 Å². The van der Waals surface area contributed by atoms with Gasteiger partial charge < -0.3 is 4.74 Å². The SMILES string of the molecule is CCCCCCCC1=CCC([C@H]2CC[C@H](c3ccc(OC(F)F)cc3)CC2)CC1. The minimum absolute atomic E-state index is 0.257. The lowest BCUT2D eigenvalue weighted by molar-refractivity contribution is -0.0498. The Bertz CT molecular complexity index is 614. The van der Waals surface area contributed by atoms with E-state index < -0.39 is 6.61 Å². The van der Waals surface area contributed by atoms with Crippen molar-refractivity contribution < 1.29 is 13.5 Å². The summed E-state index contributed by atoms with van der Waals surface area (Å²) < 4.78 is 29.1. The molecule has 0 aliphatic heterocycles. The van der Waals surface area contributed by atoms with E-state index in [4.69, 9.17) is 0 Å². The molecule has 1 aromatic rings. The average Bonchev–Trinajstić information content (AvgIpc) is 2.74. The third-order valence-corrected chi connectivity index (χ3v) is 7.16. The Balaban J connectivity index is 1.38. The van der Waals surface area contributed by atoms with Gasteiger partial charge in [-0.15, -0.1) is 0 Å². The highest BCUT2D eigenvalue weighted by atomic mass is 19.3. The Morgan fingerprint density at radius 3 is 2.24 bits per heavy atom. The van der Waals surface area contributed by atoms with Gasteiger partial charge >= 0.3 is 6.61 Å². The molecular formula is C26H38F2O. The van der Waals surface area contributed by atoms with Gasteiger partial charge in [-0.25, -0.2) is 0 Å². The first-order valence-corrected chi connectivity index (χ1v) is 11.9. The quantitative estimate of drug-likeness (QED) is 0.280. The number of hydrogen-bond donors (Lipinski definition) is 0.